The molecule has 1 amide bonds. The molecule has 1 aromatic heterocycles. The van der Waals surface area contributed by atoms with Crippen LogP contribution in [0.25, 0.3) is 11.3 Å². The van der Waals surface area contributed by atoms with Gasteiger partial charge in [-0.25, -0.2) is 5.84 Å². The molecule has 0 aliphatic heterocycles. The molecule has 6 heteroatoms. The zero-order valence-electron chi connectivity index (χ0n) is 10.6. The molecule has 0 fully saturated rings. The third kappa shape index (κ3) is 3.11. The zero-order valence-corrected chi connectivity index (χ0v) is 10.6. The van der Waals surface area contributed by atoms with Crippen molar-refractivity contribution in [3.05, 3.63) is 36.0 Å². The second kappa shape index (κ2) is 6.01. The van der Waals surface area contributed by atoms with Crippen LogP contribution >= 0.6 is 0 Å². The highest BCUT2D eigenvalue weighted by Crippen LogP contribution is 2.23. The normalized spacial score (nSPS) is 10.2. The van der Waals surface area contributed by atoms with E-state index in [1.165, 1.54) is 6.07 Å². The summed E-state index contributed by atoms with van der Waals surface area (Å²) in [6.45, 7) is 2.73. The molecule has 100 valence electrons. The Morgan fingerprint density at radius 3 is 2.79 bits per heavy atom. The molecule has 3 N–H and O–H groups in total. The van der Waals surface area contributed by atoms with E-state index in [9.17, 15) is 4.79 Å². The number of nitrogens with zero attached hydrogens (tertiary/aromatic N) is 1. The van der Waals surface area contributed by atoms with Gasteiger partial charge < -0.3 is 9.26 Å². The van der Waals surface area contributed by atoms with Gasteiger partial charge in [0.25, 0.3) is 5.91 Å². The van der Waals surface area contributed by atoms with Crippen LogP contribution < -0.4 is 16.0 Å². The Kier molecular flexibility index (Phi) is 4.15. The van der Waals surface area contributed by atoms with Crippen molar-refractivity contribution in [2.45, 2.75) is 13.3 Å². The van der Waals surface area contributed by atoms with E-state index < -0.39 is 5.91 Å². The van der Waals surface area contributed by atoms with Gasteiger partial charge in [-0.3, -0.25) is 10.2 Å². The number of carbonyl (C=O) groups excluding carboxylic acids is 1. The first-order chi connectivity index (χ1) is 9.24. The van der Waals surface area contributed by atoms with Crippen molar-refractivity contribution in [3.8, 4) is 17.1 Å². The summed E-state index contributed by atoms with van der Waals surface area (Å²) < 4.78 is 10.6. The molecule has 1 aromatic carbocycles. The average Bonchev–Trinajstić information content (AvgIpc) is 2.94. The fraction of sp³-hybridized carbons (Fsp3) is 0.231. The molecule has 0 aliphatic rings. The molecule has 2 rings (SSSR count). The van der Waals surface area contributed by atoms with E-state index in [-0.39, 0.29) is 5.69 Å². The van der Waals surface area contributed by atoms with Gasteiger partial charge >= 0.3 is 0 Å². The monoisotopic (exact) mass is 261 g/mol. The Hall–Kier alpha value is -2.34. The van der Waals surface area contributed by atoms with Crippen molar-refractivity contribution in [3.63, 3.8) is 0 Å². The highest BCUT2D eigenvalue weighted by molar-refractivity contribution is 5.92. The second-order valence-electron chi connectivity index (χ2n) is 3.92. The van der Waals surface area contributed by atoms with Gasteiger partial charge in [-0.15, -0.1) is 0 Å². The number of nitrogens with two attached hydrogens (primary N) is 1. The zero-order chi connectivity index (χ0) is 13.7. The summed E-state index contributed by atoms with van der Waals surface area (Å²) in [5.74, 6) is 5.83. The highest BCUT2D eigenvalue weighted by atomic mass is 16.5. The van der Waals surface area contributed by atoms with Crippen LogP contribution in [0.2, 0.25) is 0 Å². The minimum absolute atomic E-state index is 0.142. The first-order valence-electron chi connectivity index (χ1n) is 5.95. The smallest absolute Gasteiger partial charge is 0.287 e. The van der Waals surface area contributed by atoms with Gasteiger partial charge in [0, 0.05) is 11.6 Å². The van der Waals surface area contributed by atoms with E-state index in [1.54, 1.807) is 0 Å². The van der Waals surface area contributed by atoms with E-state index in [0.29, 0.717) is 12.4 Å². The number of rotatable bonds is 5. The molecule has 1 heterocycles. The van der Waals surface area contributed by atoms with Gasteiger partial charge in [-0.2, -0.15) is 0 Å². The summed E-state index contributed by atoms with van der Waals surface area (Å²) in [5.41, 5.74) is 2.95. The van der Waals surface area contributed by atoms with Crippen LogP contribution in [0.15, 0.2) is 34.9 Å². The fourth-order valence-electron chi connectivity index (χ4n) is 1.53. The molecule has 19 heavy (non-hydrogen) atoms. The van der Waals surface area contributed by atoms with Crippen molar-refractivity contribution in [2.75, 3.05) is 6.61 Å². The molecule has 0 saturated carbocycles. The van der Waals surface area contributed by atoms with Crippen LogP contribution in [0.3, 0.4) is 0 Å². The molecule has 0 unspecified atom stereocenters. The SMILES string of the molecule is CCCOc1ccc(-c2cc(C(=O)NN)no2)cc1. The predicted molar refractivity (Wildman–Crippen MR) is 69.4 cm³/mol. The summed E-state index contributed by atoms with van der Waals surface area (Å²) in [5, 5.41) is 3.64. The van der Waals surface area contributed by atoms with E-state index in [4.69, 9.17) is 15.1 Å². The summed E-state index contributed by atoms with van der Waals surface area (Å²) in [6.07, 6.45) is 0.960. The Morgan fingerprint density at radius 2 is 2.16 bits per heavy atom. The topological polar surface area (TPSA) is 90.4 Å². The fourth-order valence-corrected chi connectivity index (χ4v) is 1.53. The van der Waals surface area contributed by atoms with Gasteiger partial charge in [0.05, 0.1) is 6.61 Å². The van der Waals surface area contributed by atoms with Crippen LogP contribution in [0.1, 0.15) is 23.8 Å². The molecule has 0 bridgehead atoms. The van der Waals surface area contributed by atoms with Crippen LogP contribution in [0.4, 0.5) is 0 Å². The van der Waals surface area contributed by atoms with Gasteiger partial charge in [0.1, 0.15) is 5.75 Å². The minimum atomic E-state index is -0.488. The first-order valence-corrected chi connectivity index (χ1v) is 5.95. The molecule has 6 nitrogen and oxygen atoms in total. The standard InChI is InChI=1S/C13H15N3O3/c1-2-7-18-10-5-3-9(4-6-10)12-8-11(16-19-12)13(17)15-14/h3-6,8H,2,7,14H2,1H3,(H,15,17). The lowest BCUT2D eigenvalue weighted by molar-refractivity contribution is 0.0944. The van der Waals surface area contributed by atoms with Gasteiger partial charge in [-0.1, -0.05) is 12.1 Å². The molecule has 0 radical (unpaired) electrons. The number of hydrogen-bond acceptors (Lipinski definition) is 5. The Bertz CT molecular complexity index is 549. The van der Waals surface area contributed by atoms with Crippen molar-refractivity contribution in [2.24, 2.45) is 5.84 Å². The van der Waals surface area contributed by atoms with E-state index >= 15 is 0 Å². The second-order valence-corrected chi connectivity index (χ2v) is 3.92. The van der Waals surface area contributed by atoms with Gasteiger partial charge in [0.2, 0.25) is 0 Å². The molecule has 0 atom stereocenters. The molecular weight excluding hydrogens is 246 g/mol. The van der Waals surface area contributed by atoms with Gasteiger partial charge in [-0.05, 0) is 30.7 Å². The predicted octanol–water partition coefficient (Wildman–Crippen LogP) is 1.73. The number of benzene rings is 1. The van der Waals surface area contributed by atoms with E-state index in [2.05, 4.69) is 5.16 Å². The molecule has 0 aliphatic carbocycles. The van der Waals surface area contributed by atoms with Crippen LogP contribution in [0.5, 0.6) is 5.75 Å². The number of nitrogen functional groups attached to an aromatic ring is 1. The maximum atomic E-state index is 11.3. The number of ether oxygens (including phenoxy) is 1. The summed E-state index contributed by atoms with van der Waals surface area (Å²) in [6, 6.07) is 8.90. The number of amides is 1. The van der Waals surface area contributed by atoms with E-state index in [1.807, 2.05) is 36.6 Å². The average molecular weight is 261 g/mol. The minimum Gasteiger partial charge on any atom is -0.494 e. The highest BCUT2D eigenvalue weighted by Gasteiger charge is 2.12. The third-order valence-corrected chi connectivity index (χ3v) is 2.49. The lowest BCUT2D eigenvalue weighted by Crippen LogP contribution is -2.30. The van der Waals surface area contributed by atoms with E-state index in [0.717, 1.165) is 17.7 Å². The number of carbonyl (C=O) groups is 1. The summed E-state index contributed by atoms with van der Waals surface area (Å²) >= 11 is 0. The van der Waals surface area contributed by atoms with Crippen LogP contribution in [-0.2, 0) is 0 Å². The van der Waals surface area contributed by atoms with Crippen molar-refractivity contribution in [1.82, 2.24) is 10.6 Å². The number of hydrazine groups is 1. The summed E-state index contributed by atoms with van der Waals surface area (Å²) in [7, 11) is 0. The molecular formula is C13H15N3O3. The van der Waals surface area contributed by atoms with Crippen molar-refractivity contribution < 1.29 is 14.1 Å². The quantitative estimate of drug-likeness (QED) is 0.486. The summed E-state index contributed by atoms with van der Waals surface area (Å²) in [4.78, 5) is 11.3. The van der Waals surface area contributed by atoms with Crippen LogP contribution in [0, 0.1) is 0 Å². The first kappa shape index (κ1) is 13.1. The Balaban J connectivity index is 2.13. The molecule has 0 spiro atoms. The van der Waals surface area contributed by atoms with Crippen molar-refractivity contribution >= 4 is 5.91 Å². The number of hydrogen-bond donors (Lipinski definition) is 2. The largest absolute Gasteiger partial charge is 0.494 e. The molecule has 0 saturated heterocycles. The Labute approximate surface area is 110 Å². The van der Waals surface area contributed by atoms with Crippen LogP contribution in [-0.4, -0.2) is 17.7 Å². The third-order valence-electron chi connectivity index (χ3n) is 2.49. The maximum absolute atomic E-state index is 11.3. The maximum Gasteiger partial charge on any atom is 0.287 e. The lowest BCUT2D eigenvalue weighted by Gasteiger charge is -2.04. The van der Waals surface area contributed by atoms with Crippen molar-refractivity contribution in [1.29, 1.82) is 0 Å². The van der Waals surface area contributed by atoms with Gasteiger partial charge in [0.15, 0.2) is 11.5 Å². The lowest BCUT2D eigenvalue weighted by atomic mass is 10.1. The molecule has 2 aromatic rings. The number of aromatic nitrogens is 1. The Morgan fingerprint density at radius 1 is 1.42 bits per heavy atom. The number of nitrogens with one attached hydrogen (secondary N) is 1.